The Labute approximate surface area is 353 Å². The van der Waals surface area contributed by atoms with E-state index in [0.29, 0.717) is 11.4 Å². The Bertz CT molecular complexity index is 2200. The van der Waals surface area contributed by atoms with E-state index in [0.717, 1.165) is 12.1 Å². The number of rotatable bonds is 12. The third-order valence-electron chi connectivity index (χ3n) is 7.33. The first-order valence-corrected chi connectivity index (χ1v) is 17.8. The summed E-state index contributed by atoms with van der Waals surface area (Å²) in [5.74, 6) is -3.98. The number of benzene rings is 4. The molecule has 0 aromatic heterocycles. The van der Waals surface area contributed by atoms with Gasteiger partial charge in [0.25, 0.3) is 11.6 Å². The largest absolute Gasteiger partial charge is 1.00 e. The molecule has 0 amide bonds. The van der Waals surface area contributed by atoms with Crippen molar-refractivity contribution < 1.29 is 95.3 Å². The van der Waals surface area contributed by atoms with Gasteiger partial charge in [0.15, 0.2) is 0 Å². The predicted molar refractivity (Wildman–Crippen MR) is 188 cm³/mol. The van der Waals surface area contributed by atoms with Gasteiger partial charge in [-0.1, -0.05) is 71.1 Å². The van der Waals surface area contributed by atoms with Crippen LogP contribution in [0.1, 0.15) is 11.1 Å². The molecule has 0 radical (unpaired) electrons. The number of para-hydroxylation sites is 2. The van der Waals surface area contributed by atoms with Gasteiger partial charge < -0.3 is 40.6 Å². The van der Waals surface area contributed by atoms with Crippen molar-refractivity contribution in [2.75, 3.05) is 21.3 Å². The maximum atomic E-state index is 12.4. The van der Waals surface area contributed by atoms with Gasteiger partial charge in [0.05, 0.1) is 9.79 Å². The van der Waals surface area contributed by atoms with Crippen LogP contribution in [-0.2, 0) is 20.2 Å². The number of aliphatic hydroxyl groups is 2. The third-order valence-corrected chi connectivity index (χ3v) is 9.12. The third kappa shape index (κ3) is 10.6. The van der Waals surface area contributed by atoms with E-state index in [9.17, 15) is 36.2 Å². The SMILES string of the molecule is O=S(=O)([O-])c1cc(NC2(Nc3ccccc3)C=C(O)NN=N2)ccc1C=Cc1ccc(NC2(Nc3ccccc3)C=C(O)NN=N2)cc1S(=O)(=O)[O-].[Na+].[Na+]. The number of aliphatic hydroxyl groups excluding tert-OH is 2. The number of hydrogen-bond acceptors (Lipinski definition) is 18. The second-order valence-electron chi connectivity index (χ2n) is 11.2. The molecule has 2 atom stereocenters. The molecular weight excluding hydrogens is 763 g/mol. The minimum atomic E-state index is -5.13. The van der Waals surface area contributed by atoms with Crippen molar-refractivity contribution in [2.24, 2.45) is 20.7 Å². The van der Waals surface area contributed by atoms with Gasteiger partial charge >= 0.3 is 59.1 Å². The van der Waals surface area contributed by atoms with Crippen LogP contribution in [0.4, 0.5) is 22.7 Å². The van der Waals surface area contributed by atoms with Crippen LogP contribution in [0.5, 0.6) is 0 Å². The van der Waals surface area contributed by atoms with E-state index in [1.165, 1.54) is 48.6 Å². The van der Waals surface area contributed by atoms with Gasteiger partial charge in [-0.2, -0.15) is 0 Å². The Balaban J connectivity index is 0.00000325. The van der Waals surface area contributed by atoms with Crippen molar-refractivity contribution in [3.05, 3.63) is 132 Å². The average Bonchev–Trinajstić information content (AvgIpc) is 3.08. The van der Waals surface area contributed by atoms with E-state index in [1.807, 2.05) is 0 Å². The quantitative estimate of drug-likeness (QED) is 0.0361. The molecule has 0 saturated heterocycles. The zero-order chi connectivity index (χ0) is 37.0. The average molecular weight is 791 g/mol. The topological polar surface area (TPSA) is 276 Å². The zero-order valence-electron chi connectivity index (χ0n) is 28.5. The fraction of sp³-hybridized carbons (Fsp3) is 0.0625. The van der Waals surface area contributed by atoms with Crippen molar-refractivity contribution in [2.45, 2.75) is 21.4 Å². The predicted octanol–water partition coefficient (Wildman–Crippen LogP) is -1.23. The van der Waals surface area contributed by atoms with E-state index in [-0.39, 0.29) is 93.4 Å². The summed E-state index contributed by atoms with van der Waals surface area (Å²) in [6, 6.07) is 24.9. The van der Waals surface area contributed by atoms with Crippen molar-refractivity contribution in [1.29, 1.82) is 0 Å². The standard InChI is InChI=1S/C32H30N10O8S2.2Na/c43-29-19-31(39-41-37-29,33-23-7-3-1-4-8-23)35-25-15-13-21(27(17-25)51(45,46)47)11-12-22-14-16-26(18-28(22)52(48,49)50)36-32(20-30(44)38-42-40-32)34-24-9-5-2-6-10-24;;/h1-20,33-36,43-44H,(H,37,39)(H,38,40)(H,45,46,47)(H,48,49,50);;/q;2*+1/p-2. The van der Waals surface area contributed by atoms with E-state index >= 15 is 0 Å². The van der Waals surface area contributed by atoms with E-state index in [1.54, 1.807) is 60.7 Å². The summed E-state index contributed by atoms with van der Waals surface area (Å²) in [7, 11) is -10.3. The summed E-state index contributed by atoms with van der Waals surface area (Å²) in [4.78, 5) is -1.38. The molecule has 18 nitrogen and oxygen atoms in total. The van der Waals surface area contributed by atoms with Crippen LogP contribution in [0.2, 0.25) is 0 Å². The van der Waals surface area contributed by atoms with Crippen molar-refractivity contribution >= 4 is 55.1 Å². The molecule has 0 saturated carbocycles. The van der Waals surface area contributed by atoms with Crippen molar-refractivity contribution in [1.82, 2.24) is 10.9 Å². The maximum absolute atomic E-state index is 12.4. The minimum Gasteiger partial charge on any atom is -0.744 e. The van der Waals surface area contributed by atoms with Gasteiger partial charge in [0.1, 0.15) is 20.2 Å². The monoisotopic (exact) mass is 790 g/mol. The first-order chi connectivity index (χ1) is 24.7. The molecular formula is C32H28N10Na2O8S2. The Morgan fingerprint density at radius 2 is 0.907 bits per heavy atom. The van der Waals surface area contributed by atoms with Gasteiger partial charge in [-0.25, -0.2) is 27.7 Å². The Morgan fingerprint density at radius 3 is 1.24 bits per heavy atom. The maximum Gasteiger partial charge on any atom is 1.00 e. The number of nitrogens with zero attached hydrogens (tertiary/aromatic N) is 4. The van der Waals surface area contributed by atoms with Gasteiger partial charge in [-0.15, -0.1) is 10.2 Å². The first kappa shape index (κ1) is 42.3. The molecule has 4 aromatic rings. The van der Waals surface area contributed by atoms with Gasteiger partial charge in [-0.05, 0) is 59.7 Å². The van der Waals surface area contributed by atoms with E-state index in [2.05, 4.69) is 52.8 Å². The second kappa shape index (κ2) is 17.3. The summed E-state index contributed by atoms with van der Waals surface area (Å²) in [5, 5.41) is 47.8. The van der Waals surface area contributed by atoms with Gasteiger partial charge in [-0.3, -0.25) is 0 Å². The molecule has 0 aliphatic carbocycles. The molecule has 0 spiro atoms. The fourth-order valence-electron chi connectivity index (χ4n) is 5.17. The van der Waals surface area contributed by atoms with Crippen molar-refractivity contribution in [3.63, 3.8) is 0 Å². The zero-order valence-corrected chi connectivity index (χ0v) is 34.1. The smallest absolute Gasteiger partial charge is 0.744 e. The molecule has 2 aliphatic heterocycles. The Kier molecular flexibility index (Phi) is 13.6. The van der Waals surface area contributed by atoms with E-state index < -0.39 is 41.6 Å². The molecule has 6 rings (SSSR count). The van der Waals surface area contributed by atoms with Crippen molar-refractivity contribution in [3.8, 4) is 0 Å². The molecule has 22 heteroatoms. The molecule has 8 N–H and O–H groups in total. The Hall–Kier alpha value is -4.48. The molecule has 2 unspecified atom stereocenters. The molecule has 0 bridgehead atoms. The summed E-state index contributed by atoms with van der Waals surface area (Å²) >= 11 is 0. The van der Waals surface area contributed by atoms with Gasteiger partial charge in [0.2, 0.25) is 11.8 Å². The fourth-order valence-corrected chi connectivity index (χ4v) is 6.56. The first-order valence-electron chi connectivity index (χ1n) is 15.0. The molecule has 4 aromatic carbocycles. The molecule has 54 heavy (non-hydrogen) atoms. The van der Waals surface area contributed by atoms with Crippen LogP contribution < -0.4 is 91.2 Å². The molecule has 2 aliphatic rings. The number of nitrogens with one attached hydrogen (secondary N) is 6. The minimum absolute atomic E-state index is 0. The molecule has 268 valence electrons. The van der Waals surface area contributed by atoms with Crippen LogP contribution in [0.25, 0.3) is 12.2 Å². The summed E-state index contributed by atoms with van der Waals surface area (Å²) in [5.41, 5.74) is 5.56. The van der Waals surface area contributed by atoms with E-state index in [4.69, 9.17) is 0 Å². The van der Waals surface area contributed by atoms with Crippen LogP contribution in [0, 0.1) is 0 Å². The van der Waals surface area contributed by atoms with Crippen LogP contribution in [0.3, 0.4) is 0 Å². The van der Waals surface area contributed by atoms with Crippen LogP contribution in [0.15, 0.2) is 151 Å². The molecule has 2 heterocycles. The van der Waals surface area contributed by atoms with Crippen LogP contribution >= 0.6 is 0 Å². The van der Waals surface area contributed by atoms with Crippen LogP contribution in [-0.4, -0.2) is 47.7 Å². The molecule has 0 fully saturated rings. The number of anilines is 4. The summed E-state index contributed by atoms with van der Waals surface area (Å²) < 4.78 is 74.6. The van der Waals surface area contributed by atoms with Gasteiger partial charge in [0, 0.05) is 34.9 Å². The summed E-state index contributed by atoms with van der Waals surface area (Å²) in [6.07, 6.45) is 4.81. The second-order valence-corrected chi connectivity index (χ2v) is 13.9. The Morgan fingerprint density at radius 1 is 0.556 bits per heavy atom. The summed E-state index contributed by atoms with van der Waals surface area (Å²) in [6.45, 7) is 0. The normalized spacial score (nSPS) is 19.1. The number of hydrogen-bond donors (Lipinski definition) is 8.